The fraction of sp³-hybridized carbons (Fsp3) is 0.333. The van der Waals surface area contributed by atoms with Crippen molar-refractivity contribution < 1.29 is 4.74 Å². The summed E-state index contributed by atoms with van der Waals surface area (Å²) in [5.41, 5.74) is 4.59. The first kappa shape index (κ1) is 20.3. The van der Waals surface area contributed by atoms with Crippen molar-refractivity contribution in [1.82, 2.24) is 19.7 Å². The molecule has 0 bridgehead atoms. The van der Waals surface area contributed by atoms with Crippen LogP contribution in [0.4, 0.5) is 11.4 Å². The minimum atomic E-state index is 0.189. The molecule has 0 saturated heterocycles. The number of hydrogen-bond acceptors (Lipinski definition) is 7. The second kappa shape index (κ2) is 9.18. The van der Waals surface area contributed by atoms with Gasteiger partial charge in [-0.1, -0.05) is 0 Å². The van der Waals surface area contributed by atoms with Crippen LogP contribution in [0, 0.1) is 5.41 Å². The van der Waals surface area contributed by atoms with Gasteiger partial charge in [-0.25, -0.2) is 9.97 Å². The molecule has 0 amide bonds. The maximum absolute atomic E-state index is 7.90. The zero-order valence-corrected chi connectivity index (χ0v) is 17.2. The van der Waals surface area contributed by atoms with Gasteiger partial charge in [-0.2, -0.15) is 5.10 Å². The molecule has 0 atom stereocenters. The van der Waals surface area contributed by atoms with E-state index in [-0.39, 0.29) is 6.04 Å². The normalized spacial score (nSPS) is 10.8. The quantitative estimate of drug-likeness (QED) is 0.479. The summed E-state index contributed by atoms with van der Waals surface area (Å²) in [5, 5.41) is 19.2. The summed E-state index contributed by atoms with van der Waals surface area (Å²) in [6, 6.07) is 7.89. The van der Waals surface area contributed by atoms with E-state index in [1.54, 1.807) is 10.9 Å². The molecule has 0 saturated carbocycles. The molecule has 0 aliphatic carbocycles. The van der Waals surface area contributed by atoms with Crippen LogP contribution in [0.25, 0.3) is 11.3 Å². The molecular formula is C21H27N7O. The van der Waals surface area contributed by atoms with Gasteiger partial charge in [0.2, 0.25) is 5.88 Å². The highest BCUT2D eigenvalue weighted by Crippen LogP contribution is 2.33. The minimum Gasteiger partial charge on any atom is -0.477 e. The molecule has 8 heteroatoms. The lowest BCUT2D eigenvalue weighted by Crippen LogP contribution is -2.15. The van der Waals surface area contributed by atoms with E-state index >= 15 is 0 Å². The lowest BCUT2D eigenvalue weighted by molar-refractivity contribution is 0.328. The molecule has 0 radical (unpaired) electrons. The Kier molecular flexibility index (Phi) is 6.43. The van der Waals surface area contributed by atoms with Crippen molar-refractivity contribution in [1.29, 1.82) is 5.41 Å². The number of anilines is 2. The van der Waals surface area contributed by atoms with E-state index in [0.29, 0.717) is 30.4 Å². The lowest BCUT2D eigenvalue weighted by Gasteiger charge is -2.19. The van der Waals surface area contributed by atoms with E-state index in [9.17, 15) is 0 Å². The Morgan fingerprint density at radius 2 is 2.14 bits per heavy atom. The van der Waals surface area contributed by atoms with Gasteiger partial charge < -0.3 is 20.8 Å². The Bertz CT molecular complexity index is 981. The third-order valence-corrected chi connectivity index (χ3v) is 4.17. The number of pyridine rings is 2. The monoisotopic (exact) mass is 393 g/mol. The van der Waals surface area contributed by atoms with Crippen LogP contribution in [0.3, 0.4) is 0 Å². The molecule has 3 aromatic rings. The van der Waals surface area contributed by atoms with Gasteiger partial charge in [0.05, 0.1) is 41.5 Å². The van der Waals surface area contributed by atoms with Gasteiger partial charge in [-0.05, 0) is 45.0 Å². The molecule has 3 rings (SSSR count). The molecule has 0 aromatic carbocycles. The van der Waals surface area contributed by atoms with Crippen molar-refractivity contribution in [2.24, 2.45) is 7.05 Å². The summed E-state index contributed by atoms with van der Waals surface area (Å²) in [6.07, 6.45) is 4.87. The molecule has 0 unspecified atom stereocenters. The minimum absolute atomic E-state index is 0.189. The Balaban J connectivity index is 2.05. The number of nitrogens with one attached hydrogen (secondary N) is 3. The molecule has 0 fully saturated rings. The Morgan fingerprint density at radius 1 is 1.31 bits per heavy atom. The number of aromatic nitrogens is 4. The van der Waals surface area contributed by atoms with E-state index in [2.05, 4.69) is 34.6 Å². The fourth-order valence-corrected chi connectivity index (χ4v) is 2.97. The van der Waals surface area contributed by atoms with Crippen molar-refractivity contribution >= 4 is 17.6 Å². The Labute approximate surface area is 170 Å². The summed E-state index contributed by atoms with van der Waals surface area (Å²) in [7, 11) is 1.89. The second-order valence-electron chi connectivity index (χ2n) is 6.88. The van der Waals surface area contributed by atoms with E-state index < -0.39 is 0 Å². The summed E-state index contributed by atoms with van der Waals surface area (Å²) in [4.78, 5) is 9.02. The molecule has 3 N–H and O–H groups in total. The third-order valence-electron chi connectivity index (χ3n) is 4.17. The summed E-state index contributed by atoms with van der Waals surface area (Å²) < 4.78 is 7.45. The second-order valence-corrected chi connectivity index (χ2v) is 6.88. The third kappa shape index (κ3) is 4.90. The number of nitrogens with zero attached hydrogens (tertiary/aromatic N) is 4. The predicted octanol–water partition coefficient (Wildman–Crippen LogP) is 3.71. The van der Waals surface area contributed by atoms with Crippen LogP contribution in [0.2, 0.25) is 0 Å². The highest BCUT2D eigenvalue weighted by Gasteiger charge is 2.16. The zero-order chi connectivity index (χ0) is 20.8. The number of hydrogen-bond donors (Lipinski definition) is 3. The van der Waals surface area contributed by atoms with Crippen molar-refractivity contribution in [3.63, 3.8) is 0 Å². The maximum atomic E-state index is 7.90. The topological polar surface area (TPSA) is 101 Å². The zero-order valence-electron chi connectivity index (χ0n) is 17.2. The first-order valence-electron chi connectivity index (χ1n) is 9.64. The van der Waals surface area contributed by atoms with Crippen molar-refractivity contribution in [3.8, 4) is 17.1 Å². The fourth-order valence-electron chi connectivity index (χ4n) is 2.97. The first-order chi connectivity index (χ1) is 14.0. The lowest BCUT2D eigenvalue weighted by atomic mass is 10.1. The molecule has 152 valence electrons. The molecular weight excluding hydrogens is 366 g/mol. The van der Waals surface area contributed by atoms with Crippen LogP contribution in [-0.2, 0) is 13.6 Å². The van der Waals surface area contributed by atoms with Crippen LogP contribution in [0.1, 0.15) is 32.2 Å². The maximum Gasteiger partial charge on any atom is 0.222 e. The highest BCUT2D eigenvalue weighted by molar-refractivity contribution is 5.91. The van der Waals surface area contributed by atoms with Gasteiger partial charge in [-0.3, -0.25) is 4.68 Å². The molecule has 29 heavy (non-hydrogen) atoms. The van der Waals surface area contributed by atoms with E-state index in [0.717, 1.165) is 22.6 Å². The number of aryl methyl sites for hydroxylation is 1. The van der Waals surface area contributed by atoms with Gasteiger partial charge in [0.15, 0.2) is 0 Å². The molecule has 0 aliphatic rings. The summed E-state index contributed by atoms with van der Waals surface area (Å²) in [6.45, 7) is 7.10. The van der Waals surface area contributed by atoms with E-state index in [1.807, 2.05) is 44.4 Å². The molecule has 3 heterocycles. The summed E-state index contributed by atoms with van der Waals surface area (Å²) >= 11 is 0. The molecule has 0 spiro atoms. The van der Waals surface area contributed by atoms with Crippen molar-refractivity contribution in [3.05, 3.63) is 48.0 Å². The highest BCUT2D eigenvalue weighted by atomic mass is 16.5. The predicted molar refractivity (Wildman–Crippen MR) is 116 cm³/mol. The average Bonchev–Trinajstić information content (AvgIpc) is 3.12. The molecule has 3 aromatic heterocycles. The Hall–Kier alpha value is -3.42. The van der Waals surface area contributed by atoms with Gasteiger partial charge in [-0.15, -0.1) is 0 Å². The van der Waals surface area contributed by atoms with Crippen LogP contribution in [-0.4, -0.2) is 38.6 Å². The van der Waals surface area contributed by atoms with Gasteiger partial charge >= 0.3 is 0 Å². The van der Waals surface area contributed by atoms with Crippen molar-refractivity contribution in [2.75, 3.05) is 17.2 Å². The van der Waals surface area contributed by atoms with Crippen LogP contribution in [0.5, 0.6) is 5.88 Å². The number of rotatable bonds is 9. The number of ether oxygens (including phenoxy) is 1. The molecule has 8 nitrogen and oxygen atoms in total. The summed E-state index contributed by atoms with van der Waals surface area (Å²) in [5.74, 6) is 0.527. The SMILES string of the molecule is CCOc1ncccc1-c1cc(NCc2ccn(C)n2)c(NC(C)C)c(C=N)n1. The molecule has 0 aliphatic heterocycles. The van der Waals surface area contributed by atoms with Gasteiger partial charge in [0.25, 0.3) is 0 Å². The van der Waals surface area contributed by atoms with Crippen LogP contribution < -0.4 is 15.4 Å². The van der Waals surface area contributed by atoms with E-state index in [4.69, 9.17) is 15.1 Å². The Morgan fingerprint density at radius 3 is 2.79 bits per heavy atom. The smallest absolute Gasteiger partial charge is 0.222 e. The largest absolute Gasteiger partial charge is 0.477 e. The van der Waals surface area contributed by atoms with Gasteiger partial charge in [0.1, 0.15) is 5.69 Å². The van der Waals surface area contributed by atoms with Gasteiger partial charge in [0, 0.05) is 31.7 Å². The first-order valence-corrected chi connectivity index (χ1v) is 9.64. The van der Waals surface area contributed by atoms with Crippen LogP contribution >= 0.6 is 0 Å². The average molecular weight is 393 g/mol. The van der Waals surface area contributed by atoms with Crippen molar-refractivity contribution in [2.45, 2.75) is 33.4 Å². The standard InChI is InChI=1S/C21H27N7O/c1-5-29-21-16(7-6-9-23-21)17-11-18(24-13-15-8-10-28(4)27-15)20(25-14(2)3)19(12-22)26-17/h6-12,14,22,25H,5,13H2,1-4H3,(H,24,26). The van der Waals surface area contributed by atoms with Crippen LogP contribution in [0.15, 0.2) is 36.7 Å². The van der Waals surface area contributed by atoms with E-state index in [1.165, 1.54) is 6.21 Å².